The molecule has 0 fully saturated rings. The molecule has 2 amide bonds. The van der Waals surface area contributed by atoms with Crippen LogP contribution >= 0.6 is 12.6 Å². The van der Waals surface area contributed by atoms with E-state index in [4.69, 9.17) is 9.84 Å². The van der Waals surface area contributed by atoms with E-state index in [1.54, 1.807) is 36.4 Å². The van der Waals surface area contributed by atoms with Gasteiger partial charge in [0.2, 0.25) is 11.8 Å². The molecular formula is C31H39N5O8S2. The van der Waals surface area contributed by atoms with Gasteiger partial charge in [0, 0.05) is 42.9 Å². The van der Waals surface area contributed by atoms with Crippen LogP contribution in [0.4, 0.5) is 0 Å². The minimum atomic E-state index is -3.38. The molecule has 13 nitrogen and oxygen atoms in total. The number of Topliss-reactive ketones (excluding diaryl/α,β-unsaturated/α-hetero) is 1. The van der Waals surface area contributed by atoms with Crippen molar-refractivity contribution < 1.29 is 37.4 Å². The topological polar surface area (TPSA) is 192 Å². The highest BCUT2D eigenvalue weighted by Gasteiger charge is 2.28. The van der Waals surface area contributed by atoms with Crippen molar-refractivity contribution in [3.63, 3.8) is 0 Å². The van der Waals surface area contributed by atoms with Crippen LogP contribution in [0.25, 0.3) is 11.1 Å². The Morgan fingerprint density at radius 1 is 0.913 bits per heavy atom. The lowest BCUT2D eigenvalue weighted by Crippen LogP contribution is -2.44. The van der Waals surface area contributed by atoms with Gasteiger partial charge in [0.25, 0.3) is 0 Å². The van der Waals surface area contributed by atoms with E-state index < -0.39 is 33.7 Å². The highest BCUT2D eigenvalue weighted by Crippen LogP contribution is 2.34. The van der Waals surface area contributed by atoms with E-state index in [1.165, 1.54) is 12.1 Å². The number of esters is 1. The van der Waals surface area contributed by atoms with Crippen molar-refractivity contribution in [3.05, 3.63) is 77.5 Å². The van der Waals surface area contributed by atoms with Gasteiger partial charge >= 0.3 is 5.97 Å². The molecule has 2 aromatic carbocycles. The third kappa shape index (κ3) is 10.8. The molecule has 3 rings (SSSR count). The van der Waals surface area contributed by atoms with Crippen LogP contribution in [0, 0.1) is 0 Å². The predicted octanol–water partition coefficient (Wildman–Crippen LogP) is -0.395. The number of benzene rings is 2. The SMILES string of the molecule is C=C(CS)NCC(=O)NCC(=O)NCC(=O)C(NCCNCCO)c1ccc(C2=C(c3ccc(S(C)(=O)=O)cc3)COC2=O)cc1. The number of sulfone groups is 1. The summed E-state index contributed by atoms with van der Waals surface area (Å²) in [6.45, 7) is 4.21. The van der Waals surface area contributed by atoms with Gasteiger partial charge in [-0.2, -0.15) is 12.6 Å². The minimum absolute atomic E-state index is 0.0270. The summed E-state index contributed by atoms with van der Waals surface area (Å²) in [4.78, 5) is 50.4. The molecule has 2 aromatic rings. The number of nitrogens with one attached hydrogen (secondary N) is 5. The summed E-state index contributed by atoms with van der Waals surface area (Å²) < 4.78 is 29.0. The number of ketones is 1. The second kappa shape index (κ2) is 17.6. The number of aliphatic hydroxyl groups excluding tert-OH is 1. The van der Waals surface area contributed by atoms with Crippen molar-refractivity contribution in [3.8, 4) is 0 Å². The highest BCUT2D eigenvalue weighted by atomic mass is 32.2. The van der Waals surface area contributed by atoms with E-state index >= 15 is 0 Å². The van der Waals surface area contributed by atoms with Crippen molar-refractivity contribution in [2.24, 2.45) is 0 Å². The van der Waals surface area contributed by atoms with Crippen LogP contribution in [0.5, 0.6) is 0 Å². The van der Waals surface area contributed by atoms with Gasteiger partial charge in [0.15, 0.2) is 15.6 Å². The van der Waals surface area contributed by atoms with Crippen LogP contribution in [-0.2, 0) is 33.8 Å². The van der Waals surface area contributed by atoms with Gasteiger partial charge in [0.1, 0.15) is 6.61 Å². The molecule has 1 unspecified atom stereocenters. The summed E-state index contributed by atoms with van der Waals surface area (Å²) in [6.07, 6.45) is 1.12. The lowest BCUT2D eigenvalue weighted by Gasteiger charge is -2.19. The monoisotopic (exact) mass is 673 g/mol. The van der Waals surface area contributed by atoms with Gasteiger partial charge in [-0.15, -0.1) is 0 Å². The molecule has 248 valence electrons. The largest absolute Gasteiger partial charge is 0.457 e. The van der Waals surface area contributed by atoms with Crippen molar-refractivity contribution in [2.75, 3.05) is 64.5 Å². The van der Waals surface area contributed by atoms with Gasteiger partial charge in [0.05, 0.1) is 42.8 Å². The average Bonchev–Trinajstić information content (AvgIpc) is 3.43. The molecule has 6 N–H and O–H groups in total. The van der Waals surface area contributed by atoms with Crippen LogP contribution in [-0.4, -0.2) is 102 Å². The second-order valence-corrected chi connectivity index (χ2v) is 12.7. The first-order valence-corrected chi connectivity index (χ1v) is 16.9. The third-order valence-corrected chi connectivity index (χ3v) is 8.38. The molecule has 0 bridgehead atoms. The van der Waals surface area contributed by atoms with Crippen molar-refractivity contribution in [2.45, 2.75) is 10.9 Å². The number of cyclic esters (lactones) is 1. The van der Waals surface area contributed by atoms with Gasteiger partial charge in [-0.05, 0) is 28.8 Å². The van der Waals surface area contributed by atoms with Crippen molar-refractivity contribution in [1.82, 2.24) is 26.6 Å². The fourth-order valence-electron chi connectivity index (χ4n) is 4.45. The predicted molar refractivity (Wildman–Crippen MR) is 176 cm³/mol. The number of carbonyl (C=O) groups is 4. The Morgan fingerprint density at radius 2 is 1.52 bits per heavy atom. The first-order valence-electron chi connectivity index (χ1n) is 14.4. The fourth-order valence-corrected chi connectivity index (χ4v) is 5.19. The normalized spacial score (nSPS) is 13.6. The molecule has 15 heteroatoms. The van der Waals surface area contributed by atoms with Gasteiger partial charge in [-0.3, -0.25) is 14.4 Å². The molecule has 0 spiro atoms. The number of ether oxygens (including phenoxy) is 1. The van der Waals surface area contributed by atoms with E-state index in [9.17, 15) is 27.6 Å². The van der Waals surface area contributed by atoms with E-state index in [0.717, 1.165) is 6.26 Å². The number of thiol groups is 1. The minimum Gasteiger partial charge on any atom is -0.457 e. The van der Waals surface area contributed by atoms with E-state index in [1.807, 2.05) is 0 Å². The zero-order chi connectivity index (χ0) is 33.7. The van der Waals surface area contributed by atoms with E-state index in [0.29, 0.717) is 58.9 Å². The number of aliphatic hydroxyl groups is 1. The maximum atomic E-state index is 13.3. The maximum Gasteiger partial charge on any atom is 0.339 e. The van der Waals surface area contributed by atoms with Crippen LogP contribution in [0.15, 0.2) is 65.7 Å². The summed E-state index contributed by atoms with van der Waals surface area (Å²) >= 11 is 4.04. The average molecular weight is 674 g/mol. The summed E-state index contributed by atoms with van der Waals surface area (Å²) in [5.41, 5.74) is 3.29. The second-order valence-electron chi connectivity index (χ2n) is 10.3. The van der Waals surface area contributed by atoms with Crippen molar-refractivity contribution >= 4 is 57.2 Å². The number of rotatable bonds is 19. The molecule has 0 aliphatic carbocycles. The molecule has 1 atom stereocenters. The molecule has 1 aliphatic heterocycles. The molecule has 1 heterocycles. The fraction of sp³-hybridized carbons (Fsp3) is 0.355. The number of hydrogen-bond acceptors (Lipinski definition) is 12. The van der Waals surface area contributed by atoms with Gasteiger partial charge in [-0.1, -0.05) is 43.0 Å². The number of carbonyl (C=O) groups excluding carboxylic acids is 4. The van der Waals surface area contributed by atoms with Gasteiger partial charge < -0.3 is 36.4 Å². The smallest absolute Gasteiger partial charge is 0.339 e. The Hall–Kier alpha value is -4.02. The Labute approximate surface area is 273 Å². The van der Waals surface area contributed by atoms with Gasteiger partial charge in [-0.25, -0.2) is 13.2 Å². The first-order chi connectivity index (χ1) is 21.9. The molecular weight excluding hydrogens is 635 g/mol. The number of hydrogen-bond donors (Lipinski definition) is 7. The quantitative estimate of drug-likeness (QED) is 0.0584. The zero-order valence-electron chi connectivity index (χ0n) is 25.4. The standard InChI is InChI=1S/C31H39N5O8S2/c1-20(19-45)34-16-27(39)36-17-28(40)35-15-26(38)30(33-12-11-32-13-14-37)23-5-3-22(4-6-23)29-25(18-44-31(29)41)21-7-9-24(10-8-21)46(2,42)43/h3-10,30,32-34,37,45H,1,11-19H2,2H3,(H,35,40)(H,36,39). The molecule has 0 saturated heterocycles. The molecule has 46 heavy (non-hydrogen) atoms. The van der Waals surface area contributed by atoms with Crippen LogP contribution in [0.2, 0.25) is 0 Å². The molecule has 0 saturated carbocycles. The van der Waals surface area contributed by atoms with E-state index in [-0.39, 0.29) is 43.5 Å². The lowest BCUT2D eigenvalue weighted by molar-refractivity contribution is -0.134. The molecule has 0 aromatic heterocycles. The summed E-state index contributed by atoms with van der Waals surface area (Å²) in [6, 6.07) is 12.2. The Kier molecular flexibility index (Phi) is 14.0. The zero-order valence-corrected chi connectivity index (χ0v) is 27.1. The maximum absolute atomic E-state index is 13.3. The first kappa shape index (κ1) is 36.4. The number of amides is 2. The lowest BCUT2D eigenvalue weighted by atomic mass is 9.94. The Bertz CT molecular complexity index is 1560. The molecule has 0 radical (unpaired) electrons. The van der Waals surface area contributed by atoms with Crippen LogP contribution < -0.4 is 26.6 Å². The highest BCUT2D eigenvalue weighted by molar-refractivity contribution is 7.90. The summed E-state index contributed by atoms with van der Waals surface area (Å²) in [5.74, 6) is -1.47. The Balaban J connectivity index is 1.72. The Morgan fingerprint density at radius 3 is 2.13 bits per heavy atom. The molecule has 1 aliphatic rings. The summed E-state index contributed by atoms with van der Waals surface area (Å²) in [5, 5.41) is 22.9. The van der Waals surface area contributed by atoms with Crippen LogP contribution in [0.1, 0.15) is 22.7 Å². The summed E-state index contributed by atoms with van der Waals surface area (Å²) in [7, 11) is -3.38. The third-order valence-electron chi connectivity index (χ3n) is 6.87. The van der Waals surface area contributed by atoms with Crippen LogP contribution in [0.3, 0.4) is 0 Å². The van der Waals surface area contributed by atoms with E-state index in [2.05, 4.69) is 45.8 Å². The van der Waals surface area contributed by atoms with Crippen molar-refractivity contribution in [1.29, 1.82) is 0 Å².